The minimum atomic E-state index is 0.522. The molecule has 4 nitrogen and oxygen atoms in total. The third-order valence-electron chi connectivity index (χ3n) is 3.21. The lowest BCUT2D eigenvalue weighted by Crippen LogP contribution is -1.97. The van der Waals surface area contributed by atoms with Crippen LogP contribution < -0.4 is 10.1 Å². The number of nitrogens with one attached hydrogen (secondary N) is 1. The van der Waals surface area contributed by atoms with Crippen molar-refractivity contribution >= 4 is 16.8 Å². The van der Waals surface area contributed by atoms with Crippen molar-refractivity contribution in [3.63, 3.8) is 0 Å². The van der Waals surface area contributed by atoms with Crippen molar-refractivity contribution in [2.75, 3.05) is 12.4 Å². The SMILES string of the molecule is CNc1noc2cccc(OCc3ccc(C)cc3)c12. The van der Waals surface area contributed by atoms with E-state index in [1.54, 1.807) is 0 Å². The van der Waals surface area contributed by atoms with Crippen molar-refractivity contribution in [3.8, 4) is 5.75 Å². The molecular formula is C16H16N2O2. The Hall–Kier alpha value is -2.49. The quantitative estimate of drug-likeness (QED) is 0.782. The van der Waals surface area contributed by atoms with E-state index in [-0.39, 0.29) is 0 Å². The highest BCUT2D eigenvalue weighted by molar-refractivity contribution is 5.93. The van der Waals surface area contributed by atoms with Gasteiger partial charge in [0.1, 0.15) is 17.7 Å². The molecule has 0 aliphatic rings. The van der Waals surface area contributed by atoms with Crippen LogP contribution in [0, 0.1) is 6.92 Å². The average Bonchev–Trinajstić information content (AvgIpc) is 2.90. The molecule has 0 spiro atoms. The molecule has 0 radical (unpaired) electrons. The Morgan fingerprint density at radius 1 is 1.15 bits per heavy atom. The lowest BCUT2D eigenvalue weighted by Gasteiger charge is -2.08. The van der Waals surface area contributed by atoms with E-state index in [0.29, 0.717) is 12.4 Å². The molecule has 0 aliphatic carbocycles. The van der Waals surface area contributed by atoms with Crippen LogP contribution in [-0.4, -0.2) is 12.2 Å². The zero-order chi connectivity index (χ0) is 13.9. The van der Waals surface area contributed by atoms with Gasteiger partial charge in [0, 0.05) is 7.05 Å². The number of aromatic nitrogens is 1. The maximum absolute atomic E-state index is 5.91. The monoisotopic (exact) mass is 268 g/mol. The molecule has 20 heavy (non-hydrogen) atoms. The van der Waals surface area contributed by atoms with Crippen LogP contribution in [-0.2, 0) is 6.61 Å². The molecule has 0 unspecified atom stereocenters. The van der Waals surface area contributed by atoms with Crippen LogP contribution in [0.3, 0.4) is 0 Å². The molecule has 0 fully saturated rings. The second-order valence-electron chi connectivity index (χ2n) is 4.68. The lowest BCUT2D eigenvalue weighted by atomic mass is 10.2. The van der Waals surface area contributed by atoms with Crippen molar-refractivity contribution in [3.05, 3.63) is 53.6 Å². The van der Waals surface area contributed by atoms with Crippen LogP contribution >= 0.6 is 0 Å². The maximum Gasteiger partial charge on any atom is 0.180 e. The van der Waals surface area contributed by atoms with Gasteiger partial charge in [-0.1, -0.05) is 41.1 Å². The minimum absolute atomic E-state index is 0.522. The van der Waals surface area contributed by atoms with Gasteiger partial charge in [-0.25, -0.2) is 0 Å². The van der Waals surface area contributed by atoms with Gasteiger partial charge >= 0.3 is 0 Å². The third kappa shape index (κ3) is 2.32. The van der Waals surface area contributed by atoms with Crippen LogP contribution in [0.25, 0.3) is 11.0 Å². The van der Waals surface area contributed by atoms with Gasteiger partial charge < -0.3 is 14.6 Å². The van der Waals surface area contributed by atoms with E-state index < -0.39 is 0 Å². The van der Waals surface area contributed by atoms with E-state index in [9.17, 15) is 0 Å². The van der Waals surface area contributed by atoms with Crippen LogP contribution in [0.4, 0.5) is 5.82 Å². The topological polar surface area (TPSA) is 47.3 Å². The summed E-state index contributed by atoms with van der Waals surface area (Å²) < 4.78 is 11.2. The molecule has 102 valence electrons. The van der Waals surface area contributed by atoms with Gasteiger partial charge in [-0.3, -0.25) is 0 Å². The molecular weight excluding hydrogens is 252 g/mol. The van der Waals surface area contributed by atoms with Gasteiger partial charge in [-0.2, -0.15) is 0 Å². The molecule has 0 aliphatic heterocycles. The number of benzene rings is 2. The summed E-state index contributed by atoms with van der Waals surface area (Å²) in [6.07, 6.45) is 0. The summed E-state index contributed by atoms with van der Waals surface area (Å²) in [5, 5.41) is 7.86. The second-order valence-corrected chi connectivity index (χ2v) is 4.68. The van der Waals surface area contributed by atoms with Crippen molar-refractivity contribution in [1.82, 2.24) is 5.16 Å². The fraction of sp³-hybridized carbons (Fsp3) is 0.188. The van der Waals surface area contributed by atoms with Crippen molar-refractivity contribution < 1.29 is 9.26 Å². The number of nitrogens with zero attached hydrogens (tertiary/aromatic N) is 1. The number of anilines is 1. The Morgan fingerprint density at radius 3 is 2.70 bits per heavy atom. The van der Waals surface area contributed by atoms with Crippen LogP contribution in [0.5, 0.6) is 5.75 Å². The number of hydrogen-bond donors (Lipinski definition) is 1. The summed E-state index contributed by atoms with van der Waals surface area (Å²) in [7, 11) is 1.81. The summed E-state index contributed by atoms with van der Waals surface area (Å²) in [6.45, 7) is 2.59. The highest BCUT2D eigenvalue weighted by Crippen LogP contribution is 2.32. The molecule has 0 amide bonds. The number of ether oxygens (including phenoxy) is 1. The Balaban J connectivity index is 1.87. The van der Waals surface area contributed by atoms with Gasteiger partial charge in [0.2, 0.25) is 0 Å². The zero-order valence-corrected chi connectivity index (χ0v) is 11.5. The van der Waals surface area contributed by atoms with E-state index in [1.807, 2.05) is 25.2 Å². The largest absolute Gasteiger partial charge is 0.488 e. The summed E-state index contributed by atoms with van der Waals surface area (Å²) in [5.74, 6) is 1.47. The highest BCUT2D eigenvalue weighted by atomic mass is 16.5. The van der Waals surface area contributed by atoms with Crippen molar-refractivity contribution in [2.45, 2.75) is 13.5 Å². The molecule has 0 bridgehead atoms. The number of rotatable bonds is 4. The predicted molar refractivity (Wildman–Crippen MR) is 79.1 cm³/mol. The first kappa shape index (κ1) is 12.5. The fourth-order valence-corrected chi connectivity index (χ4v) is 2.10. The number of fused-ring (bicyclic) bond motifs is 1. The van der Waals surface area contributed by atoms with Gasteiger partial charge in [-0.05, 0) is 24.6 Å². The molecule has 0 saturated carbocycles. The van der Waals surface area contributed by atoms with Crippen LogP contribution in [0.15, 0.2) is 47.0 Å². The summed E-state index contributed by atoms with van der Waals surface area (Å²) in [6, 6.07) is 14.0. The molecule has 2 aromatic carbocycles. The first-order valence-electron chi connectivity index (χ1n) is 6.52. The minimum Gasteiger partial charge on any atom is -0.488 e. The Labute approximate surface area is 117 Å². The molecule has 3 aromatic rings. The Bertz CT molecular complexity index is 717. The van der Waals surface area contributed by atoms with E-state index in [0.717, 1.165) is 22.3 Å². The first-order chi connectivity index (χ1) is 9.78. The van der Waals surface area contributed by atoms with Crippen LogP contribution in [0.1, 0.15) is 11.1 Å². The van der Waals surface area contributed by atoms with Gasteiger partial charge in [0.15, 0.2) is 11.4 Å². The third-order valence-corrected chi connectivity index (χ3v) is 3.21. The summed E-state index contributed by atoms with van der Waals surface area (Å²) in [5.41, 5.74) is 3.10. The first-order valence-corrected chi connectivity index (χ1v) is 6.52. The standard InChI is InChI=1S/C16H16N2O2/c1-11-6-8-12(9-7-11)10-19-13-4-3-5-14-15(13)16(17-2)18-20-14/h3-9H,10H2,1-2H3,(H,17,18). The molecule has 3 rings (SSSR count). The van der Waals surface area contributed by atoms with E-state index in [1.165, 1.54) is 5.56 Å². The van der Waals surface area contributed by atoms with E-state index in [4.69, 9.17) is 9.26 Å². The smallest absolute Gasteiger partial charge is 0.180 e. The van der Waals surface area contributed by atoms with Gasteiger partial charge in [0.25, 0.3) is 0 Å². The number of hydrogen-bond acceptors (Lipinski definition) is 4. The molecule has 1 aromatic heterocycles. The van der Waals surface area contributed by atoms with E-state index in [2.05, 4.69) is 41.7 Å². The lowest BCUT2D eigenvalue weighted by molar-refractivity contribution is 0.310. The Kier molecular flexibility index (Phi) is 3.29. The summed E-state index contributed by atoms with van der Waals surface area (Å²) in [4.78, 5) is 0. The number of aryl methyl sites for hydroxylation is 1. The normalized spacial score (nSPS) is 10.7. The second kappa shape index (κ2) is 5.25. The molecule has 4 heteroatoms. The zero-order valence-electron chi connectivity index (χ0n) is 11.5. The highest BCUT2D eigenvalue weighted by Gasteiger charge is 2.12. The molecule has 1 heterocycles. The molecule has 1 N–H and O–H groups in total. The van der Waals surface area contributed by atoms with E-state index >= 15 is 0 Å². The Morgan fingerprint density at radius 2 is 1.95 bits per heavy atom. The van der Waals surface area contributed by atoms with Gasteiger partial charge in [0.05, 0.1) is 0 Å². The van der Waals surface area contributed by atoms with Crippen LogP contribution in [0.2, 0.25) is 0 Å². The predicted octanol–water partition coefficient (Wildman–Crippen LogP) is 3.76. The summed E-state index contributed by atoms with van der Waals surface area (Å²) >= 11 is 0. The van der Waals surface area contributed by atoms with Crippen molar-refractivity contribution in [2.24, 2.45) is 0 Å². The average molecular weight is 268 g/mol. The maximum atomic E-state index is 5.91. The molecule has 0 saturated heterocycles. The van der Waals surface area contributed by atoms with Gasteiger partial charge in [-0.15, -0.1) is 0 Å². The fourth-order valence-electron chi connectivity index (χ4n) is 2.10. The molecule has 0 atom stereocenters. The van der Waals surface area contributed by atoms with Crippen molar-refractivity contribution in [1.29, 1.82) is 0 Å².